The summed E-state index contributed by atoms with van der Waals surface area (Å²) in [6, 6.07) is 12.5. The molecule has 34 heavy (non-hydrogen) atoms. The number of Topliss-reactive ketones (excluding diaryl/α,β-unsaturated/α-hetero) is 1. The van der Waals surface area contributed by atoms with Crippen LogP contribution < -0.4 is 4.74 Å². The van der Waals surface area contributed by atoms with Gasteiger partial charge in [-0.2, -0.15) is 0 Å². The van der Waals surface area contributed by atoms with Crippen LogP contribution >= 0.6 is 0 Å². The molecule has 2 aromatic carbocycles. The first-order valence-corrected chi connectivity index (χ1v) is 10.9. The fraction of sp³-hybridized carbons (Fsp3) is 0.269. The van der Waals surface area contributed by atoms with Gasteiger partial charge in [0.15, 0.2) is 5.78 Å². The van der Waals surface area contributed by atoms with E-state index in [2.05, 4.69) is 0 Å². The van der Waals surface area contributed by atoms with E-state index in [9.17, 15) is 23.9 Å². The maximum Gasteiger partial charge on any atom is 0.332 e. The monoisotopic (exact) mass is 467 g/mol. The molecule has 8 heteroatoms. The first kappa shape index (κ1) is 24.9. The van der Waals surface area contributed by atoms with E-state index in [-0.39, 0.29) is 12.0 Å². The third-order valence-electron chi connectivity index (χ3n) is 5.60. The second kappa shape index (κ2) is 11.4. The number of benzene rings is 2. The Morgan fingerprint density at radius 2 is 1.76 bits per heavy atom. The zero-order valence-corrected chi connectivity index (χ0v) is 18.7. The number of ketones is 1. The second-order valence-corrected chi connectivity index (χ2v) is 8.09. The highest BCUT2D eigenvalue weighted by atomic mass is 19.1. The number of aliphatic carboxylic acids is 2. The molecular formula is C26H26FNO6. The number of hydrogen-bond acceptors (Lipinski definition) is 5. The van der Waals surface area contributed by atoms with Crippen molar-refractivity contribution in [1.82, 2.24) is 4.90 Å². The standard InChI is InChI=1S/C26H26FNO6/c1-17-2-8-20(9-3-17)34-21-10-13-28(14-11-21)15-12-22(23(26(32)33)16-24(29)30)25(31)18-4-6-19(27)7-5-18/h2-10,16,22H,11-15H2,1H3,(H,29,30)(H,32,33). The van der Waals surface area contributed by atoms with Crippen molar-refractivity contribution in [3.05, 3.63) is 89.0 Å². The average molecular weight is 467 g/mol. The highest BCUT2D eigenvalue weighted by Gasteiger charge is 2.30. The summed E-state index contributed by atoms with van der Waals surface area (Å²) in [7, 11) is 0. The molecule has 1 aliphatic rings. The fourth-order valence-electron chi connectivity index (χ4n) is 3.75. The molecule has 2 aromatic rings. The first-order valence-electron chi connectivity index (χ1n) is 10.9. The van der Waals surface area contributed by atoms with Crippen LogP contribution in [0.25, 0.3) is 0 Å². The Balaban J connectivity index is 1.70. The van der Waals surface area contributed by atoms with E-state index >= 15 is 0 Å². The van der Waals surface area contributed by atoms with Gasteiger partial charge in [0, 0.05) is 31.1 Å². The number of halogens is 1. The highest BCUT2D eigenvalue weighted by Crippen LogP contribution is 2.24. The minimum atomic E-state index is -1.48. The number of carboxylic acids is 2. The van der Waals surface area contributed by atoms with Crippen LogP contribution in [-0.4, -0.2) is 52.5 Å². The molecule has 1 aliphatic heterocycles. The molecule has 0 aliphatic carbocycles. The van der Waals surface area contributed by atoms with Gasteiger partial charge >= 0.3 is 11.9 Å². The summed E-state index contributed by atoms with van der Waals surface area (Å²) in [5.41, 5.74) is 0.757. The Labute approximate surface area is 196 Å². The molecule has 1 atom stereocenters. The largest absolute Gasteiger partial charge is 0.478 e. The smallest absolute Gasteiger partial charge is 0.332 e. The van der Waals surface area contributed by atoms with E-state index in [1.807, 2.05) is 42.2 Å². The Bertz CT molecular complexity index is 1110. The molecule has 0 aromatic heterocycles. The first-order chi connectivity index (χ1) is 16.2. The van der Waals surface area contributed by atoms with Crippen molar-refractivity contribution in [2.75, 3.05) is 19.6 Å². The minimum absolute atomic E-state index is 0.101. The van der Waals surface area contributed by atoms with Crippen LogP contribution in [0.2, 0.25) is 0 Å². The summed E-state index contributed by atoms with van der Waals surface area (Å²) < 4.78 is 19.2. The summed E-state index contributed by atoms with van der Waals surface area (Å²) in [6.07, 6.45) is 3.23. The predicted octanol–water partition coefficient (Wildman–Crippen LogP) is 4.09. The van der Waals surface area contributed by atoms with Crippen molar-refractivity contribution in [2.45, 2.75) is 19.8 Å². The number of ether oxygens (including phenoxy) is 1. The van der Waals surface area contributed by atoms with Crippen molar-refractivity contribution in [1.29, 1.82) is 0 Å². The van der Waals surface area contributed by atoms with Gasteiger partial charge in [-0.15, -0.1) is 0 Å². The van der Waals surface area contributed by atoms with Gasteiger partial charge in [-0.05, 0) is 62.4 Å². The molecule has 0 saturated heterocycles. The van der Waals surface area contributed by atoms with Crippen molar-refractivity contribution < 1.29 is 33.7 Å². The second-order valence-electron chi connectivity index (χ2n) is 8.09. The summed E-state index contributed by atoms with van der Waals surface area (Å²) in [4.78, 5) is 38.1. The molecule has 0 amide bonds. The lowest BCUT2D eigenvalue weighted by Gasteiger charge is -2.28. The number of aryl methyl sites for hydroxylation is 1. The summed E-state index contributed by atoms with van der Waals surface area (Å²) in [5.74, 6) is -3.63. The lowest BCUT2D eigenvalue weighted by molar-refractivity contribution is -0.135. The van der Waals surface area contributed by atoms with Crippen LogP contribution in [0.15, 0.2) is 72.0 Å². The van der Waals surface area contributed by atoms with E-state index in [4.69, 9.17) is 9.84 Å². The van der Waals surface area contributed by atoms with E-state index in [1.165, 1.54) is 12.1 Å². The van der Waals surface area contributed by atoms with E-state index in [0.29, 0.717) is 32.1 Å². The molecule has 178 valence electrons. The van der Waals surface area contributed by atoms with Crippen LogP contribution in [-0.2, 0) is 9.59 Å². The normalized spacial score (nSPS) is 15.4. The molecule has 7 nitrogen and oxygen atoms in total. The number of carboxylic acid groups (broad SMARTS) is 2. The molecular weight excluding hydrogens is 441 g/mol. The van der Waals surface area contributed by atoms with Gasteiger partial charge < -0.3 is 14.9 Å². The Kier molecular flexibility index (Phi) is 8.32. The van der Waals surface area contributed by atoms with Gasteiger partial charge in [0.1, 0.15) is 17.3 Å². The molecule has 0 saturated carbocycles. The van der Waals surface area contributed by atoms with E-state index in [0.717, 1.165) is 29.2 Å². The number of nitrogens with zero attached hydrogens (tertiary/aromatic N) is 1. The molecule has 1 unspecified atom stereocenters. The van der Waals surface area contributed by atoms with Gasteiger partial charge in [0.25, 0.3) is 0 Å². The van der Waals surface area contributed by atoms with E-state index in [1.54, 1.807) is 0 Å². The Hall–Kier alpha value is -3.78. The summed E-state index contributed by atoms with van der Waals surface area (Å²) in [5, 5.41) is 18.7. The Morgan fingerprint density at radius 3 is 2.32 bits per heavy atom. The fourth-order valence-corrected chi connectivity index (χ4v) is 3.75. The van der Waals surface area contributed by atoms with Gasteiger partial charge in [0.05, 0.1) is 11.5 Å². The highest BCUT2D eigenvalue weighted by molar-refractivity contribution is 6.07. The minimum Gasteiger partial charge on any atom is -0.478 e. The van der Waals surface area contributed by atoms with E-state index < -0.39 is 35.0 Å². The predicted molar refractivity (Wildman–Crippen MR) is 123 cm³/mol. The lowest BCUT2D eigenvalue weighted by Crippen LogP contribution is -2.34. The third kappa shape index (κ3) is 6.86. The van der Waals surface area contributed by atoms with Crippen LogP contribution in [0, 0.1) is 18.7 Å². The zero-order chi connectivity index (χ0) is 24.7. The summed E-state index contributed by atoms with van der Waals surface area (Å²) in [6.45, 7) is 3.55. The van der Waals surface area contributed by atoms with Crippen molar-refractivity contribution >= 4 is 17.7 Å². The van der Waals surface area contributed by atoms with Crippen LogP contribution in [0.5, 0.6) is 5.75 Å². The van der Waals surface area contributed by atoms with Crippen molar-refractivity contribution in [2.24, 2.45) is 5.92 Å². The van der Waals surface area contributed by atoms with Crippen LogP contribution in [0.1, 0.15) is 28.8 Å². The molecule has 3 rings (SSSR count). The molecule has 0 fully saturated rings. The van der Waals surface area contributed by atoms with Crippen LogP contribution in [0.4, 0.5) is 4.39 Å². The summed E-state index contributed by atoms with van der Waals surface area (Å²) >= 11 is 0. The van der Waals surface area contributed by atoms with Crippen LogP contribution in [0.3, 0.4) is 0 Å². The van der Waals surface area contributed by atoms with Gasteiger partial charge in [-0.25, -0.2) is 14.0 Å². The number of carbonyl (C=O) groups is 3. The Morgan fingerprint density at radius 1 is 1.09 bits per heavy atom. The van der Waals surface area contributed by atoms with Gasteiger partial charge in [0.2, 0.25) is 0 Å². The average Bonchev–Trinajstić information content (AvgIpc) is 2.81. The molecule has 2 N–H and O–H groups in total. The zero-order valence-electron chi connectivity index (χ0n) is 18.7. The third-order valence-corrected chi connectivity index (χ3v) is 5.60. The molecule has 0 radical (unpaired) electrons. The molecule has 1 heterocycles. The van der Waals surface area contributed by atoms with Gasteiger partial charge in [-0.1, -0.05) is 17.7 Å². The number of carbonyl (C=O) groups excluding carboxylic acids is 1. The quantitative estimate of drug-likeness (QED) is 0.401. The lowest BCUT2D eigenvalue weighted by atomic mass is 9.87. The number of hydrogen-bond donors (Lipinski definition) is 2. The van der Waals surface area contributed by atoms with Crippen molar-refractivity contribution in [3.8, 4) is 5.75 Å². The molecule has 0 bridgehead atoms. The van der Waals surface area contributed by atoms with Crippen molar-refractivity contribution in [3.63, 3.8) is 0 Å². The van der Waals surface area contributed by atoms with Gasteiger partial charge in [-0.3, -0.25) is 9.69 Å². The maximum absolute atomic E-state index is 13.3. The molecule has 0 spiro atoms. The SMILES string of the molecule is Cc1ccc(OC2=CCN(CCC(C(=O)c3ccc(F)cc3)C(=CC(=O)O)C(=O)O)CC2)cc1. The maximum atomic E-state index is 13.3. The number of rotatable bonds is 10. The topological polar surface area (TPSA) is 104 Å².